The highest BCUT2D eigenvalue weighted by Crippen LogP contribution is 2.19. The Labute approximate surface area is 111 Å². The Morgan fingerprint density at radius 3 is 2.55 bits per heavy atom. The zero-order chi connectivity index (χ0) is 14.9. The molecule has 2 rings (SSSR count). The molecule has 0 saturated carbocycles. The highest BCUT2D eigenvalue weighted by Gasteiger charge is 2.19. The number of rotatable bonds is 4. The summed E-state index contributed by atoms with van der Waals surface area (Å²) in [5.41, 5.74) is -0.400. The Kier molecular flexibility index (Phi) is 3.47. The number of carboxylic acid groups (broad SMARTS) is 1. The third-order valence-electron chi connectivity index (χ3n) is 2.65. The summed E-state index contributed by atoms with van der Waals surface area (Å²) >= 11 is 0. The van der Waals surface area contributed by atoms with Gasteiger partial charge >= 0.3 is 5.97 Å². The van der Waals surface area contributed by atoms with Gasteiger partial charge in [0, 0.05) is 12.6 Å². The lowest BCUT2D eigenvalue weighted by Gasteiger charge is -2.06. The Morgan fingerprint density at radius 2 is 2.00 bits per heavy atom. The molecule has 1 aromatic heterocycles. The zero-order valence-corrected chi connectivity index (χ0v) is 9.92. The van der Waals surface area contributed by atoms with Crippen LogP contribution in [0.25, 0.3) is 0 Å². The molecule has 0 bridgehead atoms. The maximum Gasteiger partial charge on any atom is 0.352 e. The third-order valence-corrected chi connectivity index (χ3v) is 2.65. The molecule has 2 aromatic rings. The van der Waals surface area contributed by atoms with Crippen LogP contribution in [0.1, 0.15) is 16.1 Å². The maximum atomic E-state index is 13.1. The summed E-state index contributed by atoms with van der Waals surface area (Å²) in [7, 11) is 0. The highest BCUT2D eigenvalue weighted by atomic mass is 19.2. The van der Waals surface area contributed by atoms with E-state index in [0.717, 1.165) is 29.0 Å². The number of carbonyl (C=O) groups is 1. The molecule has 20 heavy (non-hydrogen) atoms. The van der Waals surface area contributed by atoms with Gasteiger partial charge in [-0.2, -0.15) is 0 Å². The van der Waals surface area contributed by atoms with Crippen LogP contribution in [0, 0.1) is 21.7 Å². The summed E-state index contributed by atoms with van der Waals surface area (Å²) in [5, 5.41) is 19.6. The van der Waals surface area contributed by atoms with Crippen LogP contribution in [-0.2, 0) is 6.54 Å². The van der Waals surface area contributed by atoms with Crippen LogP contribution >= 0.6 is 0 Å². The zero-order valence-electron chi connectivity index (χ0n) is 9.92. The maximum absolute atomic E-state index is 13.1. The lowest BCUT2D eigenvalue weighted by atomic mass is 10.2. The van der Waals surface area contributed by atoms with Crippen LogP contribution in [-0.4, -0.2) is 20.6 Å². The molecular weight excluding hydrogens is 274 g/mol. The van der Waals surface area contributed by atoms with Gasteiger partial charge < -0.3 is 9.67 Å². The Morgan fingerprint density at radius 1 is 1.30 bits per heavy atom. The van der Waals surface area contributed by atoms with Gasteiger partial charge in [0.25, 0.3) is 5.69 Å². The number of nitrogens with zero attached hydrogens (tertiary/aromatic N) is 2. The fourth-order valence-corrected chi connectivity index (χ4v) is 1.74. The molecule has 1 N–H and O–H groups in total. The van der Waals surface area contributed by atoms with Crippen molar-refractivity contribution in [3.63, 3.8) is 0 Å². The number of hydrogen-bond donors (Lipinski definition) is 1. The van der Waals surface area contributed by atoms with E-state index >= 15 is 0 Å². The number of benzene rings is 1. The minimum atomic E-state index is -1.35. The van der Waals surface area contributed by atoms with E-state index in [2.05, 4.69) is 0 Å². The number of aromatic nitrogens is 1. The quantitative estimate of drug-likeness (QED) is 0.689. The van der Waals surface area contributed by atoms with Crippen LogP contribution < -0.4 is 0 Å². The average molecular weight is 282 g/mol. The van der Waals surface area contributed by atoms with Gasteiger partial charge in [-0.15, -0.1) is 0 Å². The standard InChI is InChI=1S/C12H8F2N2O4/c13-9-2-1-7(3-10(9)14)5-15-6-8(16(19)20)4-11(15)12(17)18/h1-4,6H,5H2,(H,17,18). The van der Waals surface area contributed by atoms with Crippen LogP contribution in [0.2, 0.25) is 0 Å². The Bertz CT molecular complexity index is 697. The predicted octanol–water partition coefficient (Wildman–Crippen LogP) is 2.42. The van der Waals surface area contributed by atoms with E-state index < -0.39 is 22.5 Å². The van der Waals surface area contributed by atoms with Crippen molar-refractivity contribution < 1.29 is 23.6 Å². The van der Waals surface area contributed by atoms with Crippen LogP contribution in [0.3, 0.4) is 0 Å². The minimum absolute atomic E-state index is 0.118. The summed E-state index contributed by atoms with van der Waals surface area (Å²) in [5.74, 6) is -3.44. The van der Waals surface area contributed by atoms with Gasteiger partial charge in [-0.3, -0.25) is 10.1 Å². The van der Waals surface area contributed by atoms with E-state index in [1.165, 1.54) is 6.07 Å². The predicted molar refractivity (Wildman–Crippen MR) is 63.5 cm³/mol. The first kappa shape index (κ1) is 13.7. The van der Waals surface area contributed by atoms with Gasteiger partial charge in [0.15, 0.2) is 11.6 Å². The van der Waals surface area contributed by atoms with Gasteiger partial charge in [-0.1, -0.05) is 6.07 Å². The summed E-state index contributed by atoms with van der Waals surface area (Å²) < 4.78 is 26.9. The van der Waals surface area contributed by atoms with E-state index in [1.807, 2.05) is 0 Å². The van der Waals surface area contributed by atoms with Crippen molar-refractivity contribution in [2.45, 2.75) is 6.54 Å². The Balaban J connectivity index is 2.39. The fourth-order valence-electron chi connectivity index (χ4n) is 1.74. The summed E-state index contributed by atoms with van der Waals surface area (Å²) in [6.07, 6.45) is 1.03. The number of nitro groups is 1. The number of aromatic carboxylic acids is 1. The van der Waals surface area contributed by atoms with Crippen LogP contribution in [0.4, 0.5) is 14.5 Å². The van der Waals surface area contributed by atoms with Gasteiger partial charge in [-0.05, 0) is 17.7 Å². The molecule has 0 spiro atoms. The van der Waals surface area contributed by atoms with E-state index in [1.54, 1.807) is 0 Å². The molecule has 0 aliphatic heterocycles. The van der Waals surface area contributed by atoms with Crippen LogP contribution in [0.5, 0.6) is 0 Å². The van der Waals surface area contributed by atoms with Gasteiger partial charge in [0.05, 0.1) is 11.1 Å². The molecule has 0 atom stereocenters. The molecule has 0 saturated heterocycles. The van der Waals surface area contributed by atoms with Crippen molar-refractivity contribution in [3.8, 4) is 0 Å². The molecule has 0 aliphatic carbocycles. The number of halogens is 2. The SMILES string of the molecule is O=C(O)c1cc([N+](=O)[O-])cn1Cc1ccc(F)c(F)c1. The number of carboxylic acids is 1. The molecule has 1 aromatic carbocycles. The molecule has 1 heterocycles. The summed E-state index contributed by atoms with van der Waals surface area (Å²) in [6, 6.07) is 3.99. The smallest absolute Gasteiger partial charge is 0.352 e. The van der Waals surface area contributed by atoms with Crippen molar-refractivity contribution in [1.82, 2.24) is 4.57 Å². The van der Waals surface area contributed by atoms with E-state index in [-0.39, 0.29) is 23.5 Å². The first-order valence-electron chi connectivity index (χ1n) is 5.40. The molecule has 6 nitrogen and oxygen atoms in total. The second-order valence-electron chi connectivity index (χ2n) is 4.02. The second kappa shape index (κ2) is 5.08. The first-order chi connectivity index (χ1) is 9.38. The Hall–Kier alpha value is -2.77. The number of hydrogen-bond acceptors (Lipinski definition) is 3. The molecule has 0 radical (unpaired) electrons. The highest BCUT2D eigenvalue weighted by molar-refractivity contribution is 5.87. The van der Waals surface area contributed by atoms with Gasteiger partial charge in [-0.25, -0.2) is 13.6 Å². The average Bonchev–Trinajstić information content (AvgIpc) is 2.78. The summed E-state index contributed by atoms with van der Waals surface area (Å²) in [6.45, 7) is -0.118. The molecule has 0 aliphatic rings. The molecular formula is C12H8F2N2O4. The minimum Gasteiger partial charge on any atom is -0.477 e. The fraction of sp³-hybridized carbons (Fsp3) is 0.0833. The molecule has 104 valence electrons. The molecule has 0 unspecified atom stereocenters. The van der Waals surface area contributed by atoms with Crippen molar-refractivity contribution in [3.05, 3.63) is 63.5 Å². The van der Waals surface area contributed by atoms with Crippen molar-refractivity contribution in [2.75, 3.05) is 0 Å². The van der Waals surface area contributed by atoms with Gasteiger partial charge in [0.2, 0.25) is 0 Å². The van der Waals surface area contributed by atoms with Crippen molar-refractivity contribution in [1.29, 1.82) is 0 Å². The second-order valence-corrected chi connectivity index (χ2v) is 4.02. The normalized spacial score (nSPS) is 10.5. The van der Waals surface area contributed by atoms with E-state index in [0.29, 0.717) is 0 Å². The monoisotopic (exact) mass is 282 g/mol. The van der Waals surface area contributed by atoms with Crippen LogP contribution in [0.15, 0.2) is 30.5 Å². The van der Waals surface area contributed by atoms with Gasteiger partial charge in [0.1, 0.15) is 5.69 Å². The molecule has 0 fully saturated rings. The largest absolute Gasteiger partial charge is 0.477 e. The summed E-state index contributed by atoms with van der Waals surface area (Å²) in [4.78, 5) is 20.9. The van der Waals surface area contributed by atoms with Crippen molar-refractivity contribution in [2.24, 2.45) is 0 Å². The molecule has 0 amide bonds. The van der Waals surface area contributed by atoms with Crippen molar-refractivity contribution >= 4 is 11.7 Å². The lowest BCUT2D eigenvalue weighted by molar-refractivity contribution is -0.384. The third kappa shape index (κ3) is 2.63. The van der Waals surface area contributed by atoms with E-state index in [9.17, 15) is 23.7 Å². The lowest BCUT2D eigenvalue weighted by Crippen LogP contribution is -2.08. The topological polar surface area (TPSA) is 85.4 Å². The van der Waals surface area contributed by atoms with E-state index in [4.69, 9.17) is 5.11 Å². The molecule has 8 heteroatoms. The first-order valence-corrected chi connectivity index (χ1v) is 5.40.